The summed E-state index contributed by atoms with van der Waals surface area (Å²) in [5.41, 5.74) is 3.05. The Hall–Kier alpha value is -1.64. The van der Waals surface area contributed by atoms with Crippen LogP contribution >= 0.6 is 0 Å². The van der Waals surface area contributed by atoms with Crippen LogP contribution in [-0.2, 0) is 19.6 Å². The molecule has 8 heteroatoms. The number of rotatable bonds is 4. The Kier molecular flexibility index (Phi) is 4.80. The first-order valence-electron chi connectivity index (χ1n) is 8.08. The zero-order valence-electron chi connectivity index (χ0n) is 13.8. The molecule has 1 unspecified atom stereocenters. The first-order valence-corrected chi connectivity index (χ1v) is 9.79. The van der Waals surface area contributed by atoms with E-state index in [0.717, 1.165) is 43.2 Å². The number of benzene rings is 1. The minimum atomic E-state index is -3.56. The summed E-state index contributed by atoms with van der Waals surface area (Å²) in [6.07, 6.45) is 0.223. The maximum Gasteiger partial charge on any atom is 0.227 e. The van der Waals surface area contributed by atoms with Crippen molar-refractivity contribution in [2.45, 2.75) is 13.3 Å². The molecule has 132 valence electrons. The van der Waals surface area contributed by atoms with E-state index >= 15 is 0 Å². The van der Waals surface area contributed by atoms with Crippen LogP contribution in [0.15, 0.2) is 18.2 Å². The monoisotopic (exact) mass is 353 g/mol. The van der Waals surface area contributed by atoms with Crippen molar-refractivity contribution in [3.8, 4) is 0 Å². The molecule has 0 aliphatic carbocycles. The van der Waals surface area contributed by atoms with E-state index in [-0.39, 0.29) is 24.0 Å². The van der Waals surface area contributed by atoms with Crippen LogP contribution in [0.5, 0.6) is 0 Å². The van der Waals surface area contributed by atoms with E-state index in [1.54, 1.807) is 4.90 Å². The number of aryl methyl sites for hydroxylation is 1. The third-order valence-electron chi connectivity index (χ3n) is 4.52. The number of primary sulfonamides is 1. The van der Waals surface area contributed by atoms with Crippen molar-refractivity contribution in [1.29, 1.82) is 0 Å². The Labute approximate surface area is 142 Å². The number of sulfonamides is 1. The average Bonchev–Trinajstić information content (AvgIpc) is 2.86. The third-order valence-corrected chi connectivity index (χ3v) is 5.45. The molecule has 0 spiro atoms. The summed E-state index contributed by atoms with van der Waals surface area (Å²) >= 11 is 0. The number of nitrogens with two attached hydrogens (primary N) is 1. The van der Waals surface area contributed by atoms with Gasteiger partial charge in [-0.05, 0) is 30.7 Å². The molecule has 24 heavy (non-hydrogen) atoms. The molecule has 2 heterocycles. The predicted octanol–water partition coefficient (Wildman–Crippen LogP) is 0.473. The molecule has 1 atom stereocenters. The molecule has 2 saturated heterocycles. The van der Waals surface area contributed by atoms with Gasteiger partial charge >= 0.3 is 0 Å². The molecule has 0 aromatic heterocycles. The lowest BCUT2D eigenvalue weighted by Crippen LogP contribution is -2.36. The normalized spacial score (nSPS) is 22.2. The Morgan fingerprint density at radius 3 is 2.62 bits per heavy atom. The maximum atomic E-state index is 12.2. The van der Waals surface area contributed by atoms with E-state index in [9.17, 15) is 13.2 Å². The van der Waals surface area contributed by atoms with Crippen LogP contribution in [-0.4, -0.2) is 52.9 Å². The van der Waals surface area contributed by atoms with E-state index in [1.807, 2.05) is 25.1 Å². The number of nitrogens with zero attached hydrogens (tertiary/aromatic N) is 2. The SMILES string of the molecule is Cc1cc(N2CC(CS(N)(=O)=O)CC2=O)ccc1N1CCOCC1. The summed E-state index contributed by atoms with van der Waals surface area (Å²) in [4.78, 5) is 16.2. The second kappa shape index (κ2) is 6.70. The quantitative estimate of drug-likeness (QED) is 0.849. The van der Waals surface area contributed by atoms with Crippen molar-refractivity contribution < 1.29 is 17.9 Å². The molecule has 2 N–H and O–H groups in total. The van der Waals surface area contributed by atoms with E-state index in [1.165, 1.54) is 0 Å². The van der Waals surface area contributed by atoms with Crippen LogP contribution < -0.4 is 14.9 Å². The van der Waals surface area contributed by atoms with Gasteiger partial charge in [0.2, 0.25) is 15.9 Å². The molecule has 3 rings (SSSR count). The van der Waals surface area contributed by atoms with E-state index in [0.29, 0.717) is 6.54 Å². The van der Waals surface area contributed by atoms with Crippen molar-refractivity contribution in [1.82, 2.24) is 0 Å². The second-order valence-electron chi connectivity index (χ2n) is 6.47. The number of carbonyl (C=O) groups is 1. The average molecular weight is 353 g/mol. The summed E-state index contributed by atoms with van der Waals surface area (Å²) in [5, 5.41) is 5.10. The number of ether oxygens (including phenoxy) is 1. The first kappa shape index (κ1) is 17.2. The van der Waals surface area contributed by atoms with Gasteiger partial charge in [0.1, 0.15) is 0 Å². The Bertz CT molecular complexity index is 729. The largest absolute Gasteiger partial charge is 0.378 e. The number of hydrogen-bond donors (Lipinski definition) is 1. The molecule has 0 saturated carbocycles. The van der Waals surface area contributed by atoms with Gasteiger partial charge in [-0.1, -0.05) is 0 Å². The van der Waals surface area contributed by atoms with Crippen LogP contribution in [0.2, 0.25) is 0 Å². The summed E-state index contributed by atoms with van der Waals surface area (Å²) in [6.45, 7) is 5.59. The number of hydrogen-bond acceptors (Lipinski definition) is 5. The van der Waals surface area contributed by atoms with Gasteiger partial charge in [0.05, 0.1) is 19.0 Å². The summed E-state index contributed by atoms with van der Waals surface area (Å²) in [5.74, 6) is -0.450. The number of anilines is 2. The van der Waals surface area contributed by atoms with Gasteiger partial charge in [-0.25, -0.2) is 13.6 Å². The van der Waals surface area contributed by atoms with Gasteiger partial charge in [-0.3, -0.25) is 4.79 Å². The predicted molar refractivity (Wildman–Crippen MR) is 92.6 cm³/mol. The van der Waals surface area contributed by atoms with Crippen LogP contribution in [0.4, 0.5) is 11.4 Å². The molecule has 7 nitrogen and oxygen atoms in total. The van der Waals surface area contributed by atoms with E-state index in [2.05, 4.69) is 4.90 Å². The fourth-order valence-corrected chi connectivity index (χ4v) is 4.32. The lowest BCUT2D eigenvalue weighted by Gasteiger charge is -2.30. The Morgan fingerprint density at radius 2 is 2.00 bits per heavy atom. The van der Waals surface area contributed by atoms with Gasteiger partial charge in [-0.2, -0.15) is 0 Å². The summed E-state index contributed by atoms with van der Waals surface area (Å²) < 4.78 is 27.9. The van der Waals surface area contributed by atoms with Crippen LogP contribution in [0.1, 0.15) is 12.0 Å². The van der Waals surface area contributed by atoms with Crippen LogP contribution in [0.3, 0.4) is 0 Å². The van der Waals surface area contributed by atoms with E-state index < -0.39 is 10.0 Å². The molecule has 2 aliphatic rings. The van der Waals surface area contributed by atoms with Gasteiger partial charge in [-0.15, -0.1) is 0 Å². The first-order chi connectivity index (χ1) is 11.3. The highest BCUT2D eigenvalue weighted by Crippen LogP contribution is 2.30. The van der Waals surface area contributed by atoms with E-state index in [4.69, 9.17) is 9.88 Å². The fraction of sp³-hybridized carbons (Fsp3) is 0.562. The third kappa shape index (κ3) is 3.88. The van der Waals surface area contributed by atoms with Crippen molar-refractivity contribution in [2.75, 3.05) is 48.4 Å². The van der Waals surface area contributed by atoms with Gasteiger partial charge in [0.15, 0.2) is 0 Å². The van der Waals surface area contributed by atoms with Crippen molar-refractivity contribution in [3.05, 3.63) is 23.8 Å². The highest BCUT2D eigenvalue weighted by molar-refractivity contribution is 7.89. The minimum absolute atomic E-state index is 0.0535. The van der Waals surface area contributed by atoms with Crippen LogP contribution in [0.25, 0.3) is 0 Å². The molecule has 1 aromatic rings. The fourth-order valence-electron chi connectivity index (χ4n) is 3.44. The van der Waals surface area contributed by atoms with Gasteiger partial charge in [0.25, 0.3) is 0 Å². The Balaban J connectivity index is 1.75. The van der Waals surface area contributed by atoms with Crippen LogP contribution in [0, 0.1) is 12.8 Å². The van der Waals surface area contributed by atoms with Crippen molar-refractivity contribution in [3.63, 3.8) is 0 Å². The molecule has 2 aliphatic heterocycles. The summed E-state index contributed by atoms with van der Waals surface area (Å²) in [7, 11) is -3.56. The molecule has 1 aromatic carbocycles. The van der Waals surface area contributed by atoms with Gasteiger partial charge in [0, 0.05) is 43.3 Å². The second-order valence-corrected chi connectivity index (χ2v) is 8.13. The topological polar surface area (TPSA) is 92.9 Å². The smallest absolute Gasteiger partial charge is 0.227 e. The maximum absolute atomic E-state index is 12.2. The number of amides is 1. The zero-order valence-corrected chi connectivity index (χ0v) is 14.6. The van der Waals surface area contributed by atoms with Crippen molar-refractivity contribution in [2.24, 2.45) is 11.1 Å². The zero-order chi connectivity index (χ0) is 17.3. The highest BCUT2D eigenvalue weighted by Gasteiger charge is 2.33. The highest BCUT2D eigenvalue weighted by atomic mass is 32.2. The molecular formula is C16H23N3O4S. The standard InChI is InChI=1S/C16H23N3O4S/c1-12-8-14(2-3-15(12)18-4-6-23-7-5-18)19-10-13(9-16(19)20)11-24(17,21)22/h2-3,8,13H,4-7,9-11H2,1H3,(H2,17,21,22). The Morgan fingerprint density at radius 1 is 1.29 bits per heavy atom. The minimum Gasteiger partial charge on any atom is -0.378 e. The van der Waals surface area contributed by atoms with Crippen molar-refractivity contribution >= 4 is 27.3 Å². The molecule has 0 bridgehead atoms. The lowest BCUT2D eigenvalue weighted by atomic mass is 10.1. The summed E-state index contributed by atoms with van der Waals surface area (Å²) in [6, 6.07) is 5.94. The van der Waals surface area contributed by atoms with Gasteiger partial charge < -0.3 is 14.5 Å². The number of morpholine rings is 1. The number of carbonyl (C=O) groups excluding carboxylic acids is 1. The molecular weight excluding hydrogens is 330 g/mol. The lowest BCUT2D eigenvalue weighted by molar-refractivity contribution is -0.117. The molecule has 1 amide bonds. The molecule has 0 radical (unpaired) electrons. The molecule has 2 fully saturated rings.